The highest BCUT2D eigenvalue weighted by Gasteiger charge is 2.16. The fourth-order valence-corrected chi connectivity index (χ4v) is 2.28. The van der Waals surface area contributed by atoms with Crippen molar-refractivity contribution in [3.8, 4) is 11.3 Å². The van der Waals surface area contributed by atoms with Crippen molar-refractivity contribution in [3.63, 3.8) is 0 Å². The minimum atomic E-state index is 0.738. The van der Waals surface area contributed by atoms with Crippen molar-refractivity contribution < 1.29 is 4.42 Å². The Morgan fingerprint density at radius 2 is 2.12 bits per heavy atom. The van der Waals surface area contributed by atoms with Crippen LogP contribution < -0.4 is 5.32 Å². The molecular weight excluding hydrogens is 222 g/mol. The van der Waals surface area contributed by atoms with Crippen molar-refractivity contribution in [1.29, 1.82) is 0 Å². The van der Waals surface area contributed by atoms with Gasteiger partial charge in [0.2, 0.25) is 0 Å². The maximum absolute atomic E-state index is 6.15. The molecule has 82 valence electrons. The predicted molar refractivity (Wildman–Crippen MR) is 64.6 cm³/mol. The molecule has 0 fully saturated rings. The molecule has 1 aromatic carbocycles. The highest BCUT2D eigenvalue weighted by molar-refractivity contribution is 6.33. The lowest BCUT2D eigenvalue weighted by Crippen LogP contribution is -2.22. The molecule has 0 bridgehead atoms. The summed E-state index contributed by atoms with van der Waals surface area (Å²) in [4.78, 5) is 0. The van der Waals surface area contributed by atoms with Gasteiger partial charge in [-0.1, -0.05) is 23.7 Å². The number of hydrogen-bond donors (Lipinski definition) is 1. The summed E-state index contributed by atoms with van der Waals surface area (Å²) >= 11 is 6.15. The predicted octanol–water partition coefficient (Wildman–Crippen LogP) is 3.25. The van der Waals surface area contributed by atoms with Gasteiger partial charge in [-0.2, -0.15) is 0 Å². The number of rotatable bonds is 1. The standard InChI is InChI=1S/C13H12ClNO/c14-11-4-2-1-3-10(11)12-7-9-5-6-15-8-13(9)16-12/h1-4,7,15H,5-6,8H2. The van der Waals surface area contributed by atoms with Crippen LogP contribution in [0.15, 0.2) is 34.7 Å². The molecule has 0 aliphatic carbocycles. The Morgan fingerprint density at radius 3 is 2.94 bits per heavy atom. The summed E-state index contributed by atoms with van der Waals surface area (Å²) in [5.74, 6) is 1.92. The van der Waals surface area contributed by atoms with Crippen LogP contribution in [-0.2, 0) is 13.0 Å². The van der Waals surface area contributed by atoms with Crippen molar-refractivity contribution in [2.45, 2.75) is 13.0 Å². The number of fused-ring (bicyclic) bond motifs is 1. The molecule has 16 heavy (non-hydrogen) atoms. The second kappa shape index (κ2) is 3.96. The first-order valence-electron chi connectivity index (χ1n) is 5.42. The number of nitrogens with one attached hydrogen (secondary N) is 1. The minimum absolute atomic E-state index is 0.738. The fourth-order valence-electron chi connectivity index (χ4n) is 2.05. The summed E-state index contributed by atoms with van der Waals surface area (Å²) in [6.45, 7) is 1.84. The van der Waals surface area contributed by atoms with Gasteiger partial charge in [0.1, 0.15) is 11.5 Å². The molecule has 1 aromatic heterocycles. The molecule has 2 aromatic rings. The van der Waals surface area contributed by atoms with Crippen molar-refractivity contribution in [2.24, 2.45) is 0 Å². The van der Waals surface area contributed by atoms with Crippen LogP contribution in [0.5, 0.6) is 0 Å². The quantitative estimate of drug-likeness (QED) is 0.818. The summed E-state index contributed by atoms with van der Waals surface area (Å²) in [5, 5.41) is 4.03. The van der Waals surface area contributed by atoms with Crippen LogP contribution in [0.3, 0.4) is 0 Å². The normalized spacial score (nSPS) is 14.8. The Bertz CT molecular complexity index is 495. The second-order valence-electron chi connectivity index (χ2n) is 3.97. The van der Waals surface area contributed by atoms with Crippen molar-refractivity contribution in [3.05, 3.63) is 46.7 Å². The van der Waals surface area contributed by atoms with Gasteiger partial charge in [-0.15, -0.1) is 0 Å². The van der Waals surface area contributed by atoms with Gasteiger partial charge >= 0.3 is 0 Å². The van der Waals surface area contributed by atoms with Gasteiger partial charge < -0.3 is 9.73 Å². The third-order valence-corrected chi connectivity index (χ3v) is 3.22. The minimum Gasteiger partial charge on any atom is -0.459 e. The Kier molecular flexibility index (Phi) is 2.46. The second-order valence-corrected chi connectivity index (χ2v) is 4.37. The number of furan rings is 1. The molecule has 1 aliphatic rings. The third-order valence-electron chi connectivity index (χ3n) is 2.89. The smallest absolute Gasteiger partial charge is 0.136 e. The molecule has 0 spiro atoms. The van der Waals surface area contributed by atoms with E-state index in [1.807, 2.05) is 24.3 Å². The molecular formula is C13H12ClNO. The molecule has 3 heteroatoms. The van der Waals surface area contributed by atoms with E-state index >= 15 is 0 Å². The molecule has 3 rings (SSSR count). The van der Waals surface area contributed by atoms with Crippen LogP contribution in [0.2, 0.25) is 5.02 Å². The van der Waals surface area contributed by atoms with Gasteiger partial charge in [0.15, 0.2) is 0 Å². The van der Waals surface area contributed by atoms with Gasteiger partial charge in [-0.3, -0.25) is 0 Å². The molecule has 0 saturated heterocycles. The molecule has 1 N–H and O–H groups in total. The van der Waals surface area contributed by atoms with Crippen LogP contribution in [0.4, 0.5) is 0 Å². The topological polar surface area (TPSA) is 25.2 Å². The summed E-state index contributed by atoms with van der Waals surface area (Å²) in [5.41, 5.74) is 2.27. The van der Waals surface area contributed by atoms with E-state index in [4.69, 9.17) is 16.0 Å². The van der Waals surface area contributed by atoms with Crippen LogP contribution in [0.1, 0.15) is 11.3 Å². The van der Waals surface area contributed by atoms with Crippen molar-refractivity contribution in [2.75, 3.05) is 6.54 Å². The zero-order valence-corrected chi connectivity index (χ0v) is 9.55. The van der Waals surface area contributed by atoms with E-state index in [9.17, 15) is 0 Å². The van der Waals surface area contributed by atoms with E-state index in [1.165, 1.54) is 5.56 Å². The average Bonchev–Trinajstić information content (AvgIpc) is 2.73. The Morgan fingerprint density at radius 1 is 1.25 bits per heavy atom. The van der Waals surface area contributed by atoms with Gasteiger partial charge in [0.05, 0.1) is 11.6 Å². The molecule has 0 radical (unpaired) electrons. The van der Waals surface area contributed by atoms with Crippen LogP contribution in [0.25, 0.3) is 11.3 Å². The highest BCUT2D eigenvalue weighted by atomic mass is 35.5. The number of halogens is 1. The van der Waals surface area contributed by atoms with Gasteiger partial charge in [-0.25, -0.2) is 0 Å². The van der Waals surface area contributed by atoms with Gasteiger partial charge in [0, 0.05) is 5.56 Å². The maximum atomic E-state index is 6.15. The first-order chi connectivity index (χ1) is 7.84. The molecule has 2 nitrogen and oxygen atoms in total. The molecule has 2 heterocycles. The summed E-state index contributed by atoms with van der Waals surface area (Å²) in [6, 6.07) is 9.88. The van der Waals surface area contributed by atoms with E-state index < -0.39 is 0 Å². The van der Waals surface area contributed by atoms with Gasteiger partial charge in [-0.05, 0) is 36.7 Å². The summed E-state index contributed by atoms with van der Waals surface area (Å²) < 4.78 is 5.83. The maximum Gasteiger partial charge on any atom is 0.136 e. The van der Waals surface area contributed by atoms with E-state index in [0.29, 0.717) is 0 Å². The first-order valence-corrected chi connectivity index (χ1v) is 5.79. The summed E-state index contributed by atoms with van der Waals surface area (Å²) in [7, 11) is 0. The Labute approximate surface area is 99.2 Å². The van der Waals surface area contributed by atoms with Crippen LogP contribution in [-0.4, -0.2) is 6.54 Å². The third kappa shape index (κ3) is 1.64. The zero-order chi connectivity index (χ0) is 11.0. The van der Waals surface area contributed by atoms with Crippen LogP contribution >= 0.6 is 11.6 Å². The SMILES string of the molecule is Clc1ccccc1-c1cc2c(o1)CNCC2. The number of benzene rings is 1. The van der Waals surface area contributed by atoms with Crippen molar-refractivity contribution in [1.82, 2.24) is 5.32 Å². The molecule has 0 saturated carbocycles. The average molecular weight is 234 g/mol. The largest absolute Gasteiger partial charge is 0.459 e. The monoisotopic (exact) mass is 233 g/mol. The summed E-state index contributed by atoms with van der Waals surface area (Å²) in [6.07, 6.45) is 1.03. The molecule has 0 unspecified atom stereocenters. The molecule has 0 amide bonds. The van der Waals surface area contributed by atoms with E-state index in [1.54, 1.807) is 0 Å². The fraction of sp³-hybridized carbons (Fsp3) is 0.231. The Hall–Kier alpha value is -1.25. The Balaban J connectivity index is 2.07. The van der Waals surface area contributed by atoms with Gasteiger partial charge in [0.25, 0.3) is 0 Å². The highest BCUT2D eigenvalue weighted by Crippen LogP contribution is 2.31. The number of hydrogen-bond acceptors (Lipinski definition) is 2. The van der Waals surface area contributed by atoms with E-state index in [0.717, 1.165) is 41.6 Å². The van der Waals surface area contributed by atoms with E-state index in [-0.39, 0.29) is 0 Å². The lowest BCUT2D eigenvalue weighted by Gasteiger charge is -2.09. The molecule has 1 aliphatic heterocycles. The van der Waals surface area contributed by atoms with Crippen LogP contribution in [0, 0.1) is 0 Å². The molecule has 0 atom stereocenters. The van der Waals surface area contributed by atoms with E-state index in [2.05, 4.69) is 11.4 Å². The first kappa shape index (κ1) is 9.94. The lowest BCUT2D eigenvalue weighted by atomic mass is 10.1. The zero-order valence-electron chi connectivity index (χ0n) is 8.79. The lowest BCUT2D eigenvalue weighted by molar-refractivity contribution is 0.472. The van der Waals surface area contributed by atoms with Crippen molar-refractivity contribution >= 4 is 11.6 Å².